The molecular weight excluding hydrogens is 285 g/mol. The van der Waals surface area contributed by atoms with Gasteiger partial charge in [0.2, 0.25) is 0 Å². The van der Waals surface area contributed by atoms with Crippen LogP contribution >= 0.6 is 0 Å². The maximum Gasteiger partial charge on any atom is 0.418 e. The van der Waals surface area contributed by atoms with E-state index in [0.717, 1.165) is 6.07 Å². The van der Waals surface area contributed by atoms with Gasteiger partial charge in [0, 0.05) is 24.3 Å². The Kier molecular flexibility index (Phi) is 3.15. The zero-order chi connectivity index (χ0) is 15.0. The fourth-order valence-corrected chi connectivity index (χ4v) is 2.40. The van der Waals surface area contributed by atoms with Gasteiger partial charge >= 0.3 is 6.18 Å². The summed E-state index contributed by atoms with van der Waals surface area (Å²) in [6, 6.07) is 3.59. The Morgan fingerprint density at radius 1 is 1.24 bits per heavy atom. The summed E-state index contributed by atoms with van der Waals surface area (Å²) in [6.45, 7) is 1.20. The fourth-order valence-electron chi connectivity index (χ4n) is 2.40. The van der Waals surface area contributed by atoms with Crippen molar-refractivity contribution in [2.75, 3.05) is 11.4 Å². The van der Waals surface area contributed by atoms with Crippen LogP contribution in [-0.2, 0) is 19.3 Å². The van der Waals surface area contributed by atoms with E-state index in [1.807, 2.05) is 4.57 Å². The number of aromatic nitrogens is 3. The van der Waals surface area contributed by atoms with Crippen LogP contribution in [0.5, 0.6) is 0 Å². The largest absolute Gasteiger partial charge is 0.418 e. The van der Waals surface area contributed by atoms with Crippen LogP contribution in [0.25, 0.3) is 0 Å². The number of alkyl halides is 3. The molecule has 8 heteroatoms. The van der Waals surface area contributed by atoms with Crippen molar-refractivity contribution < 1.29 is 18.0 Å². The number of hydrogen-bond donors (Lipinski definition) is 0. The van der Waals surface area contributed by atoms with E-state index in [2.05, 4.69) is 10.2 Å². The normalized spacial score (nSPS) is 14.9. The molecule has 110 valence electrons. The molecule has 1 aliphatic rings. The van der Waals surface area contributed by atoms with E-state index in [-0.39, 0.29) is 17.8 Å². The van der Waals surface area contributed by atoms with Crippen molar-refractivity contribution in [3.05, 3.63) is 41.5 Å². The Morgan fingerprint density at radius 3 is 2.76 bits per heavy atom. The van der Waals surface area contributed by atoms with Gasteiger partial charge in [-0.3, -0.25) is 4.79 Å². The Morgan fingerprint density at radius 2 is 2.05 bits per heavy atom. The number of anilines is 1. The molecule has 0 N–H and O–H groups in total. The minimum absolute atomic E-state index is 0.00579. The third-order valence-electron chi connectivity index (χ3n) is 3.44. The van der Waals surface area contributed by atoms with Crippen molar-refractivity contribution >= 4 is 12.0 Å². The molecule has 0 amide bonds. The number of fused-ring (bicyclic) bond motifs is 1. The predicted molar refractivity (Wildman–Crippen MR) is 67.9 cm³/mol. The van der Waals surface area contributed by atoms with Crippen molar-refractivity contribution in [3.63, 3.8) is 0 Å². The van der Waals surface area contributed by atoms with Crippen LogP contribution in [0.4, 0.5) is 18.9 Å². The number of carbonyl (C=O) groups excluding carboxylic acids is 1. The Labute approximate surface area is 118 Å². The lowest BCUT2D eigenvalue weighted by atomic mass is 10.1. The van der Waals surface area contributed by atoms with Crippen molar-refractivity contribution in [2.45, 2.75) is 19.3 Å². The molecule has 0 fully saturated rings. The van der Waals surface area contributed by atoms with Gasteiger partial charge in [-0.1, -0.05) is 0 Å². The van der Waals surface area contributed by atoms with Gasteiger partial charge in [-0.05, 0) is 18.2 Å². The third kappa shape index (κ3) is 2.48. The molecule has 21 heavy (non-hydrogen) atoms. The van der Waals surface area contributed by atoms with Crippen molar-refractivity contribution in [1.29, 1.82) is 0 Å². The second kappa shape index (κ2) is 4.87. The molecule has 2 aromatic rings. The zero-order valence-electron chi connectivity index (χ0n) is 10.8. The lowest BCUT2D eigenvalue weighted by Crippen LogP contribution is -2.35. The van der Waals surface area contributed by atoms with Gasteiger partial charge in [-0.2, -0.15) is 13.2 Å². The van der Waals surface area contributed by atoms with E-state index >= 15 is 0 Å². The molecular formula is C13H11F3N4O. The number of hydrogen-bond acceptors (Lipinski definition) is 4. The average Bonchev–Trinajstić information content (AvgIpc) is 2.93. The zero-order valence-corrected chi connectivity index (χ0v) is 10.8. The van der Waals surface area contributed by atoms with Crippen LogP contribution in [0.3, 0.4) is 0 Å². The molecule has 0 unspecified atom stereocenters. The topological polar surface area (TPSA) is 51.0 Å². The molecule has 1 aliphatic heterocycles. The molecule has 1 aromatic carbocycles. The molecule has 0 saturated carbocycles. The van der Waals surface area contributed by atoms with Gasteiger partial charge in [-0.25, -0.2) is 0 Å². The number of nitrogens with zero attached hydrogens (tertiary/aromatic N) is 4. The SMILES string of the molecule is O=Cc1ccc(N2CCn3cnnc3C2)c(C(F)(F)F)c1. The van der Waals surface area contributed by atoms with E-state index in [4.69, 9.17) is 0 Å². The van der Waals surface area contributed by atoms with Crippen LogP contribution in [-0.4, -0.2) is 27.6 Å². The Balaban J connectivity index is 2.01. The molecule has 5 nitrogen and oxygen atoms in total. The van der Waals surface area contributed by atoms with Crippen molar-refractivity contribution in [1.82, 2.24) is 14.8 Å². The highest BCUT2D eigenvalue weighted by Gasteiger charge is 2.36. The van der Waals surface area contributed by atoms with E-state index in [1.165, 1.54) is 12.1 Å². The first-order chi connectivity index (χ1) is 9.99. The first-order valence-corrected chi connectivity index (χ1v) is 6.27. The molecule has 0 spiro atoms. The van der Waals surface area contributed by atoms with Crippen LogP contribution in [0.2, 0.25) is 0 Å². The summed E-state index contributed by atoms with van der Waals surface area (Å²) in [5.74, 6) is 0.619. The summed E-state index contributed by atoms with van der Waals surface area (Å²) in [7, 11) is 0. The standard InChI is InChI=1S/C13H11F3N4O/c14-13(15,16)10-5-9(7-21)1-2-11(10)19-3-4-20-8-17-18-12(20)6-19/h1-2,5,7-8H,3-4,6H2. The average molecular weight is 296 g/mol. The van der Waals surface area contributed by atoms with Crippen LogP contribution in [0, 0.1) is 0 Å². The number of aldehydes is 1. The molecule has 0 radical (unpaired) electrons. The van der Waals surface area contributed by atoms with E-state index < -0.39 is 11.7 Å². The monoisotopic (exact) mass is 296 g/mol. The molecule has 0 saturated heterocycles. The van der Waals surface area contributed by atoms with Crippen LogP contribution < -0.4 is 4.90 Å². The van der Waals surface area contributed by atoms with E-state index in [1.54, 1.807) is 11.2 Å². The highest BCUT2D eigenvalue weighted by Crippen LogP contribution is 2.38. The molecule has 2 heterocycles. The molecule has 0 atom stereocenters. The minimum atomic E-state index is -4.51. The second-order valence-corrected chi connectivity index (χ2v) is 4.75. The molecule has 0 aliphatic carbocycles. The summed E-state index contributed by atoms with van der Waals surface area (Å²) in [5, 5.41) is 7.64. The highest BCUT2D eigenvalue weighted by atomic mass is 19.4. The minimum Gasteiger partial charge on any atom is -0.362 e. The number of halogens is 3. The van der Waals surface area contributed by atoms with Crippen molar-refractivity contribution in [2.24, 2.45) is 0 Å². The smallest absolute Gasteiger partial charge is 0.362 e. The summed E-state index contributed by atoms with van der Waals surface area (Å²) in [6.07, 6.45) is -2.54. The number of benzene rings is 1. The summed E-state index contributed by atoms with van der Waals surface area (Å²) >= 11 is 0. The predicted octanol–water partition coefficient (Wildman–Crippen LogP) is 2.13. The summed E-state index contributed by atoms with van der Waals surface area (Å²) in [5.41, 5.74) is -0.742. The van der Waals surface area contributed by atoms with Crippen molar-refractivity contribution in [3.8, 4) is 0 Å². The number of carbonyl (C=O) groups is 1. The van der Waals surface area contributed by atoms with Gasteiger partial charge in [0.1, 0.15) is 12.6 Å². The quantitative estimate of drug-likeness (QED) is 0.797. The molecule has 0 bridgehead atoms. The second-order valence-electron chi connectivity index (χ2n) is 4.75. The molecule has 1 aromatic heterocycles. The van der Waals surface area contributed by atoms with E-state index in [0.29, 0.717) is 25.2 Å². The fraction of sp³-hybridized carbons (Fsp3) is 0.308. The summed E-state index contributed by atoms with van der Waals surface area (Å²) in [4.78, 5) is 12.3. The Bertz CT molecular complexity index is 680. The lowest BCUT2D eigenvalue weighted by Gasteiger charge is -2.31. The van der Waals surface area contributed by atoms with Gasteiger partial charge < -0.3 is 9.47 Å². The van der Waals surface area contributed by atoms with Gasteiger partial charge in [-0.15, -0.1) is 10.2 Å². The highest BCUT2D eigenvalue weighted by molar-refractivity contribution is 5.77. The lowest BCUT2D eigenvalue weighted by molar-refractivity contribution is -0.137. The first-order valence-electron chi connectivity index (χ1n) is 6.27. The first kappa shape index (κ1) is 13.6. The van der Waals surface area contributed by atoms with Crippen LogP contribution in [0.15, 0.2) is 24.5 Å². The Hall–Kier alpha value is -2.38. The maximum atomic E-state index is 13.2. The maximum absolute atomic E-state index is 13.2. The van der Waals surface area contributed by atoms with Crippen LogP contribution in [0.1, 0.15) is 21.7 Å². The van der Waals surface area contributed by atoms with Gasteiger partial charge in [0.15, 0.2) is 5.82 Å². The van der Waals surface area contributed by atoms with Gasteiger partial charge in [0.05, 0.1) is 12.1 Å². The third-order valence-corrected chi connectivity index (χ3v) is 3.44. The van der Waals surface area contributed by atoms with E-state index in [9.17, 15) is 18.0 Å². The number of rotatable bonds is 2. The summed E-state index contributed by atoms with van der Waals surface area (Å²) < 4.78 is 41.3. The molecule has 3 rings (SSSR count). The van der Waals surface area contributed by atoms with Gasteiger partial charge in [0.25, 0.3) is 0 Å².